The molecule has 11 nitrogen and oxygen atoms in total. The van der Waals surface area contributed by atoms with Crippen LogP contribution < -0.4 is 11.1 Å². The van der Waals surface area contributed by atoms with Gasteiger partial charge in [-0.2, -0.15) is 5.10 Å². The molecule has 4 N–H and O–H groups in total. The number of aromatic carboxylic acids is 1. The Labute approximate surface area is 278 Å². The van der Waals surface area contributed by atoms with Gasteiger partial charge in [0.25, 0.3) is 11.8 Å². The van der Waals surface area contributed by atoms with E-state index in [1.165, 1.54) is 48.5 Å². The first-order valence-electron chi connectivity index (χ1n) is 14.8. The van der Waals surface area contributed by atoms with E-state index in [0.717, 1.165) is 21.4 Å². The minimum Gasteiger partial charge on any atom is -0.478 e. The van der Waals surface area contributed by atoms with Crippen LogP contribution in [0.25, 0.3) is 16.8 Å². The summed E-state index contributed by atoms with van der Waals surface area (Å²) in [6, 6.07) is 18.1. The number of carboxylic acids is 1. The summed E-state index contributed by atoms with van der Waals surface area (Å²) in [4.78, 5) is 57.5. The first-order chi connectivity index (χ1) is 23.1. The number of amides is 2. The third kappa shape index (κ3) is 5.89. The minimum atomic E-state index is -1.09. The van der Waals surface area contributed by atoms with Crippen molar-refractivity contribution in [1.82, 2.24) is 25.0 Å². The molecule has 2 amide bonds. The van der Waals surface area contributed by atoms with E-state index < -0.39 is 23.7 Å². The van der Waals surface area contributed by atoms with Crippen LogP contribution >= 0.6 is 11.6 Å². The third-order valence-electron chi connectivity index (χ3n) is 8.30. The van der Waals surface area contributed by atoms with Gasteiger partial charge in [0.05, 0.1) is 16.8 Å². The first kappa shape index (κ1) is 32.1. The Morgan fingerprint density at radius 3 is 2.46 bits per heavy atom. The molecule has 3 heterocycles. The van der Waals surface area contributed by atoms with E-state index in [9.17, 15) is 28.7 Å². The van der Waals surface area contributed by atoms with E-state index in [4.69, 9.17) is 17.3 Å². The number of carbonyl (C=O) groups excluding carboxylic acids is 3. The highest BCUT2D eigenvalue weighted by Gasteiger charge is 2.38. The van der Waals surface area contributed by atoms with Gasteiger partial charge < -0.3 is 21.1 Å². The van der Waals surface area contributed by atoms with Crippen molar-refractivity contribution in [2.75, 3.05) is 19.3 Å². The summed E-state index contributed by atoms with van der Waals surface area (Å²) in [7, 11) is 1.52. The lowest BCUT2D eigenvalue weighted by molar-refractivity contribution is -0.123. The molecule has 13 heteroatoms. The number of ketones is 1. The predicted octanol–water partition coefficient (Wildman–Crippen LogP) is 4.92. The molecular formula is C35H28ClFN6O5. The highest BCUT2D eigenvalue weighted by Crippen LogP contribution is 2.38. The first-order valence-corrected chi connectivity index (χ1v) is 15.2. The highest BCUT2D eigenvalue weighted by molar-refractivity contribution is 6.30. The van der Waals surface area contributed by atoms with Crippen LogP contribution in [0.5, 0.6) is 0 Å². The molecule has 1 atom stereocenters. The summed E-state index contributed by atoms with van der Waals surface area (Å²) < 4.78 is 15.9. The summed E-state index contributed by atoms with van der Waals surface area (Å²) in [5.74, 6) is -3.19. The number of anilines is 1. The number of hydrogen-bond acceptors (Lipinski definition) is 7. The lowest BCUT2D eigenvalue weighted by Crippen LogP contribution is -2.44. The maximum Gasteiger partial charge on any atom is 0.335 e. The fraction of sp³-hybridized carbons (Fsp3) is 0.143. The van der Waals surface area contributed by atoms with Gasteiger partial charge in [-0.05, 0) is 59.0 Å². The number of benzene rings is 3. The van der Waals surface area contributed by atoms with Crippen molar-refractivity contribution in [2.24, 2.45) is 0 Å². The number of hydrogen-bond donors (Lipinski definition) is 3. The third-order valence-corrected chi connectivity index (χ3v) is 8.59. The smallest absolute Gasteiger partial charge is 0.335 e. The van der Waals surface area contributed by atoms with Gasteiger partial charge in [0.1, 0.15) is 28.8 Å². The van der Waals surface area contributed by atoms with E-state index in [1.807, 2.05) is 6.07 Å². The maximum absolute atomic E-state index is 14.9. The topological polar surface area (TPSA) is 161 Å². The second-order valence-corrected chi connectivity index (χ2v) is 11.5. The quantitative estimate of drug-likeness (QED) is 0.210. The zero-order chi connectivity index (χ0) is 34.1. The number of nitrogens with one attached hydrogen (secondary N) is 1. The van der Waals surface area contributed by atoms with Crippen molar-refractivity contribution in [3.63, 3.8) is 0 Å². The van der Waals surface area contributed by atoms with Crippen molar-refractivity contribution in [1.29, 1.82) is 0 Å². The summed E-state index contributed by atoms with van der Waals surface area (Å²) >= 11 is 5.96. The van der Waals surface area contributed by atoms with E-state index in [-0.39, 0.29) is 58.0 Å². The number of carbonyl (C=O) groups is 4. The number of aromatic nitrogens is 3. The van der Waals surface area contributed by atoms with Gasteiger partial charge in [0, 0.05) is 31.8 Å². The van der Waals surface area contributed by atoms with E-state index in [0.29, 0.717) is 17.5 Å². The molecule has 1 aliphatic heterocycles. The maximum atomic E-state index is 14.9. The van der Waals surface area contributed by atoms with Crippen LogP contribution in [-0.2, 0) is 17.6 Å². The van der Waals surface area contributed by atoms with Crippen molar-refractivity contribution < 1.29 is 28.7 Å². The van der Waals surface area contributed by atoms with Crippen LogP contribution in [0.1, 0.15) is 53.9 Å². The van der Waals surface area contributed by atoms with E-state index >= 15 is 0 Å². The Morgan fingerprint density at radius 2 is 1.77 bits per heavy atom. The van der Waals surface area contributed by atoms with Gasteiger partial charge in [0.15, 0.2) is 11.6 Å². The van der Waals surface area contributed by atoms with Crippen LogP contribution in [0.2, 0.25) is 5.02 Å². The molecule has 48 heavy (non-hydrogen) atoms. The van der Waals surface area contributed by atoms with Gasteiger partial charge in [0.2, 0.25) is 0 Å². The van der Waals surface area contributed by atoms with Crippen LogP contribution in [0.3, 0.4) is 0 Å². The predicted molar refractivity (Wildman–Crippen MR) is 176 cm³/mol. The molecule has 6 rings (SSSR count). The number of nitrogens with two attached hydrogens (primary N) is 1. The number of halogens is 2. The lowest BCUT2D eigenvalue weighted by Gasteiger charge is -2.37. The minimum absolute atomic E-state index is 0.0217. The zero-order valence-electron chi connectivity index (χ0n) is 25.5. The van der Waals surface area contributed by atoms with E-state index in [1.54, 1.807) is 42.6 Å². The number of nitrogens with zero attached hydrogens (tertiary/aromatic N) is 4. The second-order valence-electron chi connectivity index (χ2n) is 11.1. The fourth-order valence-corrected chi connectivity index (χ4v) is 6.08. The number of nitrogen functional groups attached to an aromatic ring is 1. The monoisotopic (exact) mass is 666 g/mol. The van der Waals surface area contributed by atoms with Crippen LogP contribution in [0, 0.1) is 5.82 Å². The molecule has 5 aromatic rings. The molecule has 0 saturated carbocycles. The van der Waals surface area contributed by atoms with Gasteiger partial charge in [-0.15, -0.1) is 0 Å². The standard InChI is InChI=1S/C35H28ClFN6O5/c1-39-33(45)27-13-12-21(17-40-27)22-4-2-5-24-23(22)14-15-42(31(24)29(44)16-19-8-10-20(11-9-19)35(47)48)34(46)25-18-41-43(32(25)38)28-7-3-6-26(36)30(28)37/h2-13,17-18,31H,14-16,38H2,1H3,(H,39,45)(H,47,48). The normalized spacial score (nSPS) is 13.9. The largest absolute Gasteiger partial charge is 0.478 e. The molecule has 0 spiro atoms. The Bertz CT molecular complexity index is 2080. The molecule has 0 fully saturated rings. The van der Waals surface area contributed by atoms with Crippen molar-refractivity contribution in [3.05, 3.63) is 130 Å². The summed E-state index contributed by atoms with van der Waals surface area (Å²) in [5, 5.41) is 15.9. The molecular weight excluding hydrogens is 639 g/mol. The number of pyridine rings is 1. The Hall–Kier alpha value is -5.88. The zero-order valence-corrected chi connectivity index (χ0v) is 26.2. The van der Waals surface area contributed by atoms with Gasteiger partial charge in [-0.3, -0.25) is 19.4 Å². The lowest BCUT2D eigenvalue weighted by atomic mass is 9.84. The molecule has 1 aliphatic rings. The average molecular weight is 667 g/mol. The van der Waals surface area contributed by atoms with Crippen molar-refractivity contribution in [3.8, 4) is 16.8 Å². The highest BCUT2D eigenvalue weighted by atomic mass is 35.5. The van der Waals surface area contributed by atoms with Crippen molar-refractivity contribution >= 4 is 41.0 Å². The number of fused-ring (bicyclic) bond motifs is 1. The number of rotatable bonds is 8. The summed E-state index contributed by atoms with van der Waals surface area (Å²) in [6.45, 7) is 0.136. The molecule has 3 aromatic carbocycles. The van der Waals surface area contributed by atoms with E-state index in [2.05, 4.69) is 15.4 Å². The molecule has 242 valence electrons. The second kappa shape index (κ2) is 13.1. The Morgan fingerprint density at radius 1 is 1.02 bits per heavy atom. The van der Waals surface area contributed by atoms with Crippen LogP contribution in [0.15, 0.2) is 85.2 Å². The van der Waals surface area contributed by atoms with Crippen molar-refractivity contribution in [2.45, 2.75) is 18.9 Å². The van der Waals surface area contributed by atoms with Gasteiger partial charge >= 0.3 is 5.97 Å². The number of carboxylic acid groups (broad SMARTS) is 1. The Kier molecular flexibility index (Phi) is 8.74. The van der Waals surface area contributed by atoms with Gasteiger partial charge in [-0.25, -0.2) is 13.9 Å². The average Bonchev–Trinajstić information content (AvgIpc) is 3.48. The molecule has 0 saturated heterocycles. The Balaban J connectivity index is 1.40. The molecule has 2 aromatic heterocycles. The molecule has 0 radical (unpaired) electrons. The molecule has 0 bridgehead atoms. The van der Waals surface area contributed by atoms with Crippen LogP contribution in [0.4, 0.5) is 10.2 Å². The summed E-state index contributed by atoms with van der Waals surface area (Å²) in [5.41, 5.74) is 10.1. The summed E-state index contributed by atoms with van der Waals surface area (Å²) in [6.07, 6.45) is 3.10. The molecule has 0 aliphatic carbocycles. The SMILES string of the molecule is CNC(=O)c1ccc(-c2cccc3c2CCN(C(=O)c2cnn(-c4cccc(Cl)c4F)c2N)C3C(=O)Cc2ccc(C(=O)O)cc2)cn1. The molecule has 1 unspecified atom stereocenters. The number of Topliss-reactive ketones (excluding diaryl/α,β-unsaturated/α-hetero) is 1. The van der Waals surface area contributed by atoms with Gasteiger partial charge in [-0.1, -0.05) is 54.1 Å². The van der Waals surface area contributed by atoms with Crippen LogP contribution in [-0.4, -0.2) is 61.9 Å². The fourth-order valence-electron chi connectivity index (χ4n) is 5.91.